The fourth-order valence-corrected chi connectivity index (χ4v) is 2.97. The van der Waals surface area contributed by atoms with Gasteiger partial charge in [0.05, 0.1) is 5.01 Å². The van der Waals surface area contributed by atoms with Gasteiger partial charge >= 0.3 is 6.09 Å². The number of aromatic nitrogens is 1. The minimum Gasteiger partial charge on any atom is -0.444 e. The standard InChI is InChI=1S/C16H26N2O3S/c1-11(2)13(18(6)15(20)21-16(3,4)5)7-8-14-17-12(9-19)10-22-14/h9-11,13H,7-8H2,1-6H3. The zero-order valence-corrected chi connectivity index (χ0v) is 15.1. The van der Waals surface area contributed by atoms with Crippen molar-refractivity contribution in [2.75, 3.05) is 7.05 Å². The minimum absolute atomic E-state index is 0.0680. The van der Waals surface area contributed by atoms with Gasteiger partial charge in [0.15, 0.2) is 6.29 Å². The molecule has 1 aromatic heterocycles. The van der Waals surface area contributed by atoms with E-state index in [1.807, 2.05) is 20.8 Å². The lowest BCUT2D eigenvalue weighted by Crippen LogP contribution is -2.43. The summed E-state index contributed by atoms with van der Waals surface area (Å²) in [6, 6.07) is 0.0680. The fraction of sp³-hybridized carbons (Fsp3) is 0.688. The van der Waals surface area contributed by atoms with Crippen LogP contribution in [0.15, 0.2) is 5.38 Å². The van der Waals surface area contributed by atoms with Crippen LogP contribution in [0.4, 0.5) is 4.79 Å². The number of nitrogens with zero attached hydrogens (tertiary/aromatic N) is 2. The molecule has 1 atom stereocenters. The SMILES string of the molecule is CC(C)C(CCc1nc(C=O)cs1)N(C)C(=O)OC(C)(C)C. The first kappa shape index (κ1) is 18.6. The Morgan fingerprint density at radius 3 is 2.55 bits per heavy atom. The smallest absolute Gasteiger partial charge is 0.410 e. The monoisotopic (exact) mass is 326 g/mol. The molecule has 0 saturated carbocycles. The van der Waals surface area contributed by atoms with Gasteiger partial charge in [-0.3, -0.25) is 4.79 Å². The molecule has 0 fully saturated rings. The molecule has 0 spiro atoms. The van der Waals surface area contributed by atoms with Gasteiger partial charge in [-0.25, -0.2) is 9.78 Å². The second-order valence-electron chi connectivity index (χ2n) is 6.73. The highest BCUT2D eigenvalue weighted by Crippen LogP contribution is 2.20. The molecule has 1 rings (SSSR count). The highest BCUT2D eigenvalue weighted by atomic mass is 32.1. The Morgan fingerprint density at radius 2 is 2.09 bits per heavy atom. The molecule has 0 bridgehead atoms. The lowest BCUT2D eigenvalue weighted by Gasteiger charge is -2.33. The third kappa shape index (κ3) is 5.75. The molecule has 5 nitrogen and oxygen atoms in total. The molecule has 0 aromatic carbocycles. The summed E-state index contributed by atoms with van der Waals surface area (Å²) >= 11 is 1.48. The number of carbonyl (C=O) groups is 2. The van der Waals surface area contributed by atoms with Crippen molar-refractivity contribution in [3.8, 4) is 0 Å². The summed E-state index contributed by atoms with van der Waals surface area (Å²) < 4.78 is 5.43. The van der Waals surface area contributed by atoms with Crippen molar-refractivity contribution in [1.29, 1.82) is 0 Å². The van der Waals surface area contributed by atoms with Gasteiger partial charge in [-0.15, -0.1) is 11.3 Å². The second kappa shape index (κ2) is 7.72. The minimum atomic E-state index is -0.499. The van der Waals surface area contributed by atoms with E-state index in [1.165, 1.54) is 11.3 Å². The molecular weight excluding hydrogens is 300 g/mol. The van der Waals surface area contributed by atoms with Crippen molar-refractivity contribution in [2.24, 2.45) is 5.92 Å². The number of rotatable bonds is 6. The maximum atomic E-state index is 12.2. The molecule has 124 valence electrons. The van der Waals surface area contributed by atoms with E-state index in [9.17, 15) is 9.59 Å². The van der Waals surface area contributed by atoms with Crippen molar-refractivity contribution in [1.82, 2.24) is 9.88 Å². The largest absolute Gasteiger partial charge is 0.444 e. The van der Waals surface area contributed by atoms with Crippen LogP contribution in [0.5, 0.6) is 0 Å². The molecule has 0 saturated heterocycles. The molecule has 0 radical (unpaired) electrons. The predicted octanol–water partition coefficient (Wildman–Crippen LogP) is 3.78. The first-order valence-electron chi connectivity index (χ1n) is 7.49. The van der Waals surface area contributed by atoms with Crippen LogP contribution in [0.3, 0.4) is 0 Å². The highest BCUT2D eigenvalue weighted by molar-refractivity contribution is 7.09. The van der Waals surface area contributed by atoms with Gasteiger partial charge in [0.2, 0.25) is 0 Å². The Balaban J connectivity index is 2.68. The summed E-state index contributed by atoms with van der Waals surface area (Å²) in [6.45, 7) is 9.76. The number of aryl methyl sites for hydroxylation is 1. The average Bonchev–Trinajstić information content (AvgIpc) is 2.84. The van der Waals surface area contributed by atoms with E-state index in [1.54, 1.807) is 17.3 Å². The van der Waals surface area contributed by atoms with E-state index in [0.717, 1.165) is 24.1 Å². The van der Waals surface area contributed by atoms with E-state index in [-0.39, 0.29) is 12.1 Å². The summed E-state index contributed by atoms with van der Waals surface area (Å²) in [7, 11) is 1.78. The van der Waals surface area contributed by atoms with Crippen LogP contribution in [0.25, 0.3) is 0 Å². The second-order valence-corrected chi connectivity index (χ2v) is 7.67. The van der Waals surface area contributed by atoms with Gasteiger partial charge in [-0.2, -0.15) is 0 Å². The number of carbonyl (C=O) groups excluding carboxylic acids is 2. The Morgan fingerprint density at radius 1 is 1.45 bits per heavy atom. The number of hydrogen-bond acceptors (Lipinski definition) is 5. The molecule has 6 heteroatoms. The van der Waals surface area contributed by atoms with Gasteiger partial charge in [0.1, 0.15) is 11.3 Å². The van der Waals surface area contributed by atoms with Gasteiger partial charge in [0, 0.05) is 24.9 Å². The van der Waals surface area contributed by atoms with E-state index in [2.05, 4.69) is 18.8 Å². The van der Waals surface area contributed by atoms with E-state index in [4.69, 9.17) is 4.74 Å². The van der Waals surface area contributed by atoms with Crippen molar-refractivity contribution >= 4 is 23.7 Å². The van der Waals surface area contributed by atoms with Gasteiger partial charge < -0.3 is 9.64 Å². The summed E-state index contributed by atoms with van der Waals surface area (Å²) in [4.78, 5) is 28.8. The molecule has 0 N–H and O–H groups in total. The molecule has 1 unspecified atom stereocenters. The average molecular weight is 326 g/mol. The maximum absolute atomic E-state index is 12.2. The van der Waals surface area contributed by atoms with Crippen LogP contribution in [0.2, 0.25) is 0 Å². The zero-order chi connectivity index (χ0) is 16.9. The molecule has 0 aliphatic rings. The lowest BCUT2D eigenvalue weighted by molar-refractivity contribution is 0.0170. The van der Waals surface area contributed by atoms with Crippen LogP contribution >= 0.6 is 11.3 Å². The molecule has 0 aliphatic carbocycles. The van der Waals surface area contributed by atoms with Crippen molar-refractivity contribution in [3.63, 3.8) is 0 Å². The molecular formula is C16H26N2O3S. The Kier molecular flexibility index (Phi) is 6.53. The van der Waals surface area contributed by atoms with Gasteiger partial charge in [-0.05, 0) is 33.1 Å². The molecule has 22 heavy (non-hydrogen) atoms. The first-order valence-corrected chi connectivity index (χ1v) is 8.37. The van der Waals surface area contributed by atoms with Gasteiger partial charge in [-0.1, -0.05) is 13.8 Å². The van der Waals surface area contributed by atoms with Crippen molar-refractivity contribution in [3.05, 3.63) is 16.1 Å². The normalized spacial score (nSPS) is 13.0. The fourth-order valence-electron chi connectivity index (χ4n) is 2.21. The predicted molar refractivity (Wildman–Crippen MR) is 88.4 cm³/mol. The van der Waals surface area contributed by atoms with Crippen molar-refractivity contribution < 1.29 is 14.3 Å². The summed E-state index contributed by atoms with van der Waals surface area (Å²) in [5.41, 5.74) is -0.0253. The number of hydrogen-bond donors (Lipinski definition) is 0. The maximum Gasteiger partial charge on any atom is 0.410 e. The van der Waals surface area contributed by atoms with E-state index in [0.29, 0.717) is 11.6 Å². The number of amides is 1. The Bertz CT molecular complexity index is 506. The summed E-state index contributed by atoms with van der Waals surface area (Å²) in [5.74, 6) is 0.308. The highest BCUT2D eigenvalue weighted by Gasteiger charge is 2.27. The topological polar surface area (TPSA) is 59.5 Å². The van der Waals surface area contributed by atoms with Gasteiger partial charge in [0.25, 0.3) is 0 Å². The van der Waals surface area contributed by atoms with Crippen LogP contribution in [0, 0.1) is 5.92 Å². The lowest BCUT2D eigenvalue weighted by atomic mass is 9.98. The molecule has 1 aromatic rings. The number of aldehydes is 1. The van der Waals surface area contributed by atoms with Crippen LogP contribution < -0.4 is 0 Å². The Labute approximate surface area is 136 Å². The molecule has 1 heterocycles. The van der Waals surface area contributed by atoms with Crippen LogP contribution in [-0.4, -0.2) is 41.0 Å². The summed E-state index contributed by atoms with van der Waals surface area (Å²) in [5, 5.41) is 2.68. The Hall–Kier alpha value is -1.43. The number of thiazole rings is 1. The summed E-state index contributed by atoms with van der Waals surface area (Å²) in [6.07, 6.45) is 1.99. The van der Waals surface area contributed by atoms with Crippen LogP contribution in [0.1, 0.15) is 56.5 Å². The number of ether oxygens (including phenoxy) is 1. The molecule has 0 aliphatic heterocycles. The van der Waals surface area contributed by atoms with E-state index >= 15 is 0 Å². The first-order chi connectivity index (χ1) is 10.1. The van der Waals surface area contributed by atoms with Crippen molar-refractivity contribution in [2.45, 2.75) is 59.1 Å². The zero-order valence-electron chi connectivity index (χ0n) is 14.3. The quantitative estimate of drug-likeness (QED) is 0.746. The third-order valence-corrected chi connectivity index (χ3v) is 4.22. The molecule has 1 amide bonds. The van der Waals surface area contributed by atoms with Crippen LogP contribution in [-0.2, 0) is 11.2 Å². The van der Waals surface area contributed by atoms with E-state index < -0.39 is 5.60 Å². The third-order valence-electron chi connectivity index (χ3n) is 3.29.